The molecule has 0 atom stereocenters. The van der Waals surface area contributed by atoms with E-state index < -0.39 is 0 Å². The number of rotatable bonds is 2. The quantitative estimate of drug-likeness (QED) is 0.392. The van der Waals surface area contributed by atoms with Gasteiger partial charge >= 0.3 is 0 Å². The van der Waals surface area contributed by atoms with E-state index in [1.807, 2.05) is 0 Å². The molecule has 0 saturated heterocycles. The molecule has 0 bridgehead atoms. The molecule has 0 rings (SSSR count). The van der Waals surface area contributed by atoms with Gasteiger partial charge in [0.05, 0.1) is 0 Å². The van der Waals surface area contributed by atoms with E-state index >= 15 is 0 Å². The Morgan fingerprint density at radius 3 is 2.00 bits per heavy atom. The first-order chi connectivity index (χ1) is 2.41. The third kappa shape index (κ3) is 8.82. The second-order valence-electron chi connectivity index (χ2n) is 1.21. The molecule has 0 fully saturated rings. The van der Waals surface area contributed by atoms with E-state index in [4.69, 9.17) is 0 Å². The Hall–Kier alpha value is 0.519. The molecular formula is C5H11Mn-. The summed E-state index contributed by atoms with van der Waals surface area (Å²) in [6.07, 6.45) is 3.65. The maximum Gasteiger partial charge on any atom is 0 e. The molecule has 0 amide bonds. The van der Waals surface area contributed by atoms with Gasteiger partial charge in [-0.3, -0.25) is 0 Å². The van der Waals surface area contributed by atoms with Crippen molar-refractivity contribution in [1.82, 2.24) is 0 Å². The molecule has 39 valence electrons. The van der Waals surface area contributed by atoms with E-state index in [0.29, 0.717) is 0 Å². The normalized spacial score (nSPS) is 7.00. The van der Waals surface area contributed by atoms with Crippen LogP contribution in [0, 0.1) is 6.92 Å². The topological polar surface area (TPSA) is 0 Å². The molecular weight excluding hydrogens is 115 g/mol. The van der Waals surface area contributed by atoms with Crippen LogP contribution in [0.4, 0.5) is 0 Å². The van der Waals surface area contributed by atoms with Crippen LogP contribution in [-0.2, 0) is 17.1 Å². The van der Waals surface area contributed by atoms with E-state index in [0.717, 1.165) is 6.42 Å². The first kappa shape index (κ1) is 9.72. The zero-order valence-electron chi connectivity index (χ0n) is 4.21. The van der Waals surface area contributed by atoms with Crippen LogP contribution in [0.15, 0.2) is 0 Å². The van der Waals surface area contributed by atoms with Crippen molar-refractivity contribution in [2.45, 2.75) is 26.2 Å². The fourth-order valence-electron chi connectivity index (χ4n) is 0.250. The van der Waals surface area contributed by atoms with Crippen LogP contribution >= 0.6 is 0 Å². The van der Waals surface area contributed by atoms with Crippen LogP contribution in [-0.4, -0.2) is 0 Å². The fraction of sp³-hybridized carbons (Fsp3) is 0.800. The zero-order chi connectivity index (χ0) is 4.12. The van der Waals surface area contributed by atoms with E-state index in [9.17, 15) is 0 Å². The predicted molar refractivity (Wildman–Crippen MR) is 24.9 cm³/mol. The molecule has 0 heterocycles. The first-order valence-corrected chi connectivity index (χ1v) is 2.21. The average molecular weight is 126 g/mol. The van der Waals surface area contributed by atoms with Crippen LogP contribution in [0.1, 0.15) is 26.2 Å². The SMILES string of the molecule is [CH2-]CCCC.[Mn]. The zero-order valence-corrected chi connectivity index (χ0v) is 5.39. The largest absolute Gasteiger partial charge is 0.343 e. The van der Waals surface area contributed by atoms with Gasteiger partial charge in [0.15, 0.2) is 0 Å². The molecule has 0 aromatic carbocycles. The van der Waals surface area contributed by atoms with Crippen LogP contribution in [0.25, 0.3) is 0 Å². The summed E-state index contributed by atoms with van der Waals surface area (Å²) in [5.41, 5.74) is 0. The second-order valence-corrected chi connectivity index (χ2v) is 1.21. The van der Waals surface area contributed by atoms with Crippen molar-refractivity contribution in [3.63, 3.8) is 0 Å². The Bertz CT molecular complexity index is 11.4. The van der Waals surface area contributed by atoms with Gasteiger partial charge < -0.3 is 6.92 Å². The standard InChI is InChI=1S/C5H11.Mn/c1-3-5-4-2;/h1,3-5H2,2H3;/q-1;. The molecule has 0 N–H and O–H groups in total. The monoisotopic (exact) mass is 126 g/mol. The number of hydrogen-bond acceptors (Lipinski definition) is 0. The summed E-state index contributed by atoms with van der Waals surface area (Å²) in [7, 11) is 0. The predicted octanol–water partition coefficient (Wildman–Crippen LogP) is 2.01. The van der Waals surface area contributed by atoms with Gasteiger partial charge in [-0.25, -0.2) is 0 Å². The Kier molecular flexibility index (Phi) is 14.8. The Labute approximate surface area is 50.8 Å². The van der Waals surface area contributed by atoms with Gasteiger partial charge in [0, 0.05) is 17.1 Å². The summed E-state index contributed by atoms with van der Waals surface area (Å²) in [6.45, 7) is 5.85. The van der Waals surface area contributed by atoms with Crippen molar-refractivity contribution in [3.05, 3.63) is 6.92 Å². The Morgan fingerprint density at radius 1 is 1.50 bits per heavy atom. The van der Waals surface area contributed by atoms with E-state index in [-0.39, 0.29) is 17.1 Å². The molecule has 0 unspecified atom stereocenters. The molecule has 0 aromatic rings. The van der Waals surface area contributed by atoms with Crippen molar-refractivity contribution in [3.8, 4) is 0 Å². The third-order valence-corrected chi connectivity index (χ3v) is 0.604. The molecule has 0 saturated carbocycles. The van der Waals surface area contributed by atoms with Crippen LogP contribution in [0.3, 0.4) is 0 Å². The van der Waals surface area contributed by atoms with Crippen molar-refractivity contribution < 1.29 is 17.1 Å². The summed E-state index contributed by atoms with van der Waals surface area (Å²) >= 11 is 0. The number of unbranched alkanes of at least 4 members (excludes halogenated alkanes) is 2. The summed E-state index contributed by atoms with van der Waals surface area (Å²) in [6, 6.07) is 0. The van der Waals surface area contributed by atoms with Crippen LogP contribution < -0.4 is 0 Å². The van der Waals surface area contributed by atoms with E-state index in [1.165, 1.54) is 12.8 Å². The maximum atomic E-state index is 3.68. The Balaban J connectivity index is 0. The van der Waals surface area contributed by atoms with Crippen molar-refractivity contribution >= 4 is 0 Å². The van der Waals surface area contributed by atoms with Gasteiger partial charge in [0.2, 0.25) is 0 Å². The summed E-state index contributed by atoms with van der Waals surface area (Å²) < 4.78 is 0. The molecule has 0 aliphatic carbocycles. The van der Waals surface area contributed by atoms with E-state index in [1.54, 1.807) is 0 Å². The molecule has 0 aliphatic rings. The van der Waals surface area contributed by atoms with Crippen LogP contribution in [0.5, 0.6) is 0 Å². The van der Waals surface area contributed by atoms with Crippen molar-refractivity contribution in [1.29, 1.82) is 0 Å². The molecule has 1 heteroatoms. The van der Waals surface area contributed by atoms with E-state index in [2.05, 4.69) is 13.8 Å². The molecule has 0 nitrogen and oxygen atoms in total. The molecule has 6 heavy (non-hydrogen) atoms. The van der Waals surface area contributed by atoms with Gasteiger partial charge in [0.25, 0.3) is 0 Å². The average Bonchev–Trinajstić information content (AvgIpc) is 1.41. The number of hydrogen-bond donors (Lipinski definition) is 0. The van der Waals surface area contributed by atoms with Gasteiger partial charge in [-0.05, 0) is 0 Å². The van der Waals surface area contributed by atoms with Crippen molar-refractivity contribution in [2.24, 2.45) is 0 Å². The van der Waals surface area contributed by atoms with Crippen LogP contribution in [0.2, 0.25) is 0 Å². The summed E-state index contributed by atoms with van der Waals surface area (Å²) in [5, 5.41) is 0. The van der Waals surface area contributed by atoms with Gasteiger partial charge in [-0.2, -0.15) is 6.42 Å². The molecule has 0 aromatic heterocycles. The van der Waals surface area contributed by atoms with Gasteiger partial charge in [-0.15, -0.1) is 0 Å². The smallest absolute Gasteiger partial charge is 0 e. The summed E-state index contributed by atoms with van der Waals surface area (Å²) in [5.74, 6) is 0. The fourth-order valence-corrected chi connectivity index (χ4v) is 0.250. The van der Waals surface area contributed by atoms with Gasteiger partial charge in [-0.1, -0.05) is 19.8 Å². The summed E-state index contributed by atoms with van der Waals surface area (Å²) in [4.78, 5) is 0. The minimum absolute atomic E-state index is 0. The second kappa shape index (κ2) is 9.10. The molecule has 0 aliphatic heterocycles. The maximum absolute atomic E-state index is 3.68. The minimum atomic E-state index is 0. The minimum Gasteiger partial charge on any atom is -0.343 e. The third-order valence-electron chi connectivity index (χ3n) is 0.604. The van der Waals surface area contributed by atoms with Crippen molar-refractivity contribution in [2.75, 3.05) is 0 Å². The Morgan fingerprint density at radius 2 is 2.00 bits per heavy atom. The molecule has 0 spiro atoms. The first-order valence-electron chi connectivity index (χ1n) is 2.21. The van der Waals surface area contributed by atoms with Gasteiger partial charge in [0.1, 0.15) is 0 Å². The molecule has 1 radical (unpaired) electrons.